The fourth-order valence-corrected chi connectivity index (χ4v) is 3.14. The van der Waals surface area contributed by atoms with Crippen LogP contribution in [0.2, 0.25) is 0 Å². The first-order valence-corrected chi connectivity index (χ1v) is 9.18. The number of rotatable bonds is 6. The van der Waals surface area contributed by atoms with Gasteiger partial charge in [0.1, 0.15) is 0 Å². The zero-order chi connectivity index (χ0) is 20.8. The molecule has 1 heterocycles. The molecule has 2 amide bonds. The van der Waals surface area contributed by atoms with Gasteiger partial charge in [0.25, 0.3) is 11.6 Å². The van der Waals surface area contributed by atoms with Gasteiger partial charge in [0.15, 0.2) is 0 Å². The molecule has 0 aliphatic carbocycles. The summed E-state index contributed by atoms with van der Waals surface area (Å²) < 4.78 is 0. The lowest BCUT2D eigenvalue weighted by Crippen LogP contribution is -2.20. The van der Waals surface area contributed by atoms with E-state index < -0.39 is 10.8 Å². The van der Waals surface area contributed by atoms with E-state index in [1.807, 2.05) is 0 Å². The van der Waals surface area contributed by atoms with Gasteiger partial charge in [-0.25, -0.2) is 5.43 Å². The topological polar surface area (TPSA) is 117 Å². The summed E-state index contributed by atoms with van der Waals surface area (Å²) in [5.74, 6) is -0.624. The fraction of sp³-hybridized carbons (Fsp3) is 0.250. The van der Waals surface area contributed by atoms with Crippen LogP contribution in [-0.2, 0) is 4.79 Å². The summed E-state index contributed by atoms with van der Waals surface area (Å²) in [6.07, 6.45) is 3.56. The number of carbonyl (C=O) groups excluding carboxylic acids is 2. The lowest BCUT2D eigenvalue weighted by Gasteiger charge is -2.19. The van der Waals surface area contributed by atoms with E-state index in [0.717, 1.165) is 31.6 Å². The van der Waals surface area contributed by atoms with Crippen LogP contribution in [-0.4, -0.2) is 36.0 Å². The Kier molecular flexibility index (Phi) is 6.18. The van der Waals surface area contributed by atoms with E-state index in [-0.39, 0.29) is 11.6 Å². The Balaban J connectivity index is 1.73. The summed E-state index contributed by atoms with van der Waals surface area (Å²) in [7, 11) is 0. The Hall–Kier alpha value is -3.75. The average molecular weight is 395 g/mol. The highest BCUT2D eigenvalue weighted by molar-refractivity contribution is 5.96. The van der Waals surface area contributed by atoms with Gasteiger partial charge in [0.2, 0.25) is 5.91 Å². The highest BCUT2D eigenvalue weighted by Crippen LogP contribution is 2.27. The number of nitro benzene ring substituents is 1. The minimum absolute atomic E-state index is 0.0331. The quantitative estimate of drug-likeness (QED) is 0.443. The van der Waals surface area contributed by atoms with E-state index in [1.165, 1.54) is 25.3 Å². The second kappa shape index (κ2) is 8.96. The second-order valence-electron chi connectivity index (χ2n) is 6.65. The number of anilines is 2. The van der Waals surface area contributed by atoms with Crippen LogP contribution in [0.5, 0.6) is 0 Å². The van der Waals surface area contributed by atoms with Gasteiger partial charge < -0.3 is 10.2 Å². The molecule has 0 bridgehead atoms. The fourth-order valence-electron chi connectivity index (χ4n) is 3.14. The van der Waals surface area contributed by atoms with Crippen LogP contribution >= 0.6 is 0 Å². The molecule has 2 aromatic carbocycles. The van der Waals surface area contributed by atoms with Crippen LogP contribution in [0.25, 0.3) is 0 Å². The first kappa shape index (κ1) is 20.0. The van der Waals surface area contributed by atoms with Crippen molar-refractivity contribution in [1.29, 1.82) is 0 Å². The lowest BCUT2D eigenvalue weighted by atomic mass is 10.1. The highest BCUT2D eigenvalue weighted by Gasteiger charge is 2.18. The smallest absolute Gasteiger partial charge is 0.271 e. The van der Waals surface area contributed by atoms with Crippen molar-refractivity contribution in [2.45, 2.75) is 19.8 Å². The Labute approximate surface area is 167 Å². The number of amides is 2. The maximum absolute atomic E-state index is 12.3. The van der Waals surface area contributed by atoms with E-state index in [2.05, 4.69) is 20.7 Å². The Morgan fingerprint density at radius 2 is 1.83 bits per heavy atom. The molecule has 0 spiro atoms. The van der Waals surface area contributed by atoms with E-state index >= 15 is 0 Å². The molecule has 0 unspecified atom stereocenters. The molecule has 29 heavy (non-hydrogen) atoms. The molecule has 9 heteroatoms. The molecule has 2 aromatic rings. The van der Waals surface area contributed by atoms with Gasteiger partial charge in [-0.05, 0) is 43.2 Å². The van der Waals surface area contributed by atoms with Crippen molar-refractivity contribution in [3.63, 3.8) is 0 Å². The van der Waals surface area contributed by atoms with Gasteiger partial charge in [0, 0.05) is 54.6 Å². The summed E-state index contributed by atoms with van der Waals surface area (Å²) in [5.41, 5.74) is 4.78. The summed E-state index contributed by atoms with van der Waals surface area (Å²) >= 11 is 0. The van der Waals surface area contributed by atoms with Crippen molar-refractivity contribution in [3.05, 3.63) is 63.7 Å². The number of benzene rings is 2. The van der Waals surface area contributed by atoms with Crippen molar-refractivity contribution < 1.29 is 14.5 Å². The lowest BCUT2D eigenvalue weighted by molar-refractivity contribution is -0.384. The zero-order valence-electron chi connectivity index (χ0n) is 15.9. The molecule has 1 fully saturated rings. The number of hydrogen-bond donors (Lipinski definition) is 2. The van der Waals surface area contributed by atoms with Gasteiger partial charge in [-0.15, -0.1) is 0 Å². The Bertz CT molecular complexity index is 950. The third-order valence-electron chi connectivity index (χ3n) is 4.51. The molecular weight excluding hydrogens is 374 g/mol. The molecule has 9 nitrogen and oxygen atoms in total. The van der Waals surface area contributed by atoms with E-state index in [4.69, 9.17) is 0 Å². The SMILES string of the molecule is CC(=O)Nc1ccc(C(=O)N/N=C/c2cc([N+](=O)[O-])ccc2N2CCCC2)cc1. The molecule has 0 aromatic heterocycles. The van der Waals surface area contributed by atoms with Gasteiger partial charge in [-0.1, -0.05) is 0 Å². The maximum Gasteiger partial charge on any atom is 0.271 e. The van der Waals surface area contributed by atoms with Gasteiger partial charge in [-0.2, -0.15) is 5.10 Å². The summed E-state index contributed by atoms with van der Waals surface area (Å²) in [4.78, 5) is 36.1. The Morgan fingerprint density at radius 3 is 2.45 bits per heavy atom. The molecule has 1 aliphatic rings. The summed E-state index contributed by atoms with van der Waals surface area (Å²) in [5, 5.41) is 17.7. The van der Waals surface area contributed by atoms with Gasteiger partial charge >= 0.3 is 0 Å². The molecular formula is C20H21N5O4. The highest BCUT2D eigenvalue weighted by atomic mass is 16.6. The maximum atomic E-state index is 12.3. The predicted octanol–water partition coefficient (Wildman–Crippen LogP) is 2.92. The summed E-state index contributed by atoms with van der Waals surface area (Å²) in [6.45, 7) is 3.16. The number of non-ortho nitro benzene ring substituents is 1. The average Bonchev–Trinajstić information content (AvgIpc) is 3.22. The number of hydrazone groups is 1. The van der Waals surface area contributed by atoms with Crippen LogP contribution in [0.1, 0.15) is 35.7 Å². The molecule has 1 aliphatic heterocycles. The van der Waals surface area contributed by atoms with Crippen LogP contribution < -0.4 is 15.6 Å². The minimum Gasteiger partial charge on any atom is -0.371 e. The largest absolute Gasteiger partial charge is 0.371 e. The normalized spacial score (nSPS) is 13.5. The van der Waals surface area contributed by atoms with E-state index in [0.29, 0.717) is 16.8 Å². The van der Waals surface area contributed by atoms with Crippen molar-refractivity contribution in [1.82, 2.24) is 5.43 Å². The third-order valence-corrected chi connectivity index (χ3v) is 4.51. The van der Waals surface area contributed by atoms with Crippen molar-refractivity contribution in [2.75, 3.05) is 23.3 Å². The first-order chi connectivity index (χ1) is 13.9. The molecule has 150 valence electrons. The number of carbonyl (C=O) groups is 2. The van der Waals surface area contributed by atoms with Crippen LogP contribution in [0.4, 0.5) is 17.1 Å². The molecule has 0 atom stereocenters. The monoisotopic (exact) mass is 395 g/mol. The summed E-state index contributed by atoms with van der Waals surface area (Å²) in [6, 6.07) is 11.0. The van der Waals surface area contributed by atoms with Gasteiger partial charge in [-0.3, -0.25) is 19.7 Å². The molecule has 3 rings (SSSR count). The van der Waals surface area contributed by atoms with Crippen LogP contribution in [0.3, 0.4) is 0 Å². The second-order valence-corrected chi connectivity index (χ2v) is 6.65. The van der Waals surface area contributed by atoms with Gasteiger partial charge in [0.05, 0.1) is 11.1 Å². The zero-order valence-corrected chi connectivity index (χ0v) is 15.9. The van der Waals surface area contributed by atoms with E-state index in [1.54, 1.807) is 30.3 Å². The number of nitrogens with zero attached hydrogens (tertiary/aromatic N) is 3. The first-order valence-electron chi connectivity index (χ1n) is 9.18. The van der Waals surface area contributed by atoms with Crippen molar-refractivity contribution in [2.24, 2.45) is 5.10 Å². The molecule has 1 saturated heterocycles. The van der Waals surface area contributed by atoms with Crippen LogP contribution in [0, 0.1) is 10.1 Å². The third kappa shape index (κ3) is 5.16. The van der Waals surface area contributed by atoms with E-state index in [9.17, 15) is 19.7 Å². The number of nitrogens with one attached hydrogen (secondary N) is 2. The number of nitro groups is 1. The van der Waals surface area contributed by atoms with Crippen molar-refractivity contribution >= 4 is 35.1 Å². The standard InChI is InChI=1S/C20H21N5O4/c1-14(26)22-17-6-4-15(5-7-17)20(27)23-21-13-16-12-18(25(28)29)8-9-19(16)24-10-2-3-11-24/h4-9,12-13H,2-3,10-11H2,1H3,(H,22,26)(H,23,27)/b21-13+. The van der Waals surface area contributed by atoms with Crippen molar-refractivity contribution in [3.8, 4) is 0 Å². The minimum atomic E-state index is -0.458. The molecule has 0 saturated carbocycles. The predicted molar refractivity (Wildman–Crippen MR) is 110 cm³/mol. The Morgan fingerprint density at radius 1 is 1.14 bits per heavy atom. The number of hydrogen-bond acceptors (Lipinski definition) is 6. The molecule has 0 radical (unpaired) electrons. The molecule has 2 N–H and O–H groups in total. The van der Waals surface area contributed by atoms with Crippen LogP contribution in [0.15, 0.2) is 47.6 Å².